The smallest absolute Gasteiger partial charge is 0.291 e. The van der Waals surface area contributed by atoms with Crippen LogP contribution < -0.4 is 5.32 Å². The lowest BCUT2D eigenvalue weighted by Crippen LogP contribution is -2.48. The molecule has 3 aromatic rings. The van der Waals surface area contributed by atoms with E-state index in [0.717, 1.165) is 38.4 Å². The highest BCUT2D eigenvalue weighted by atomic mass is 16.5. The second-order valence-corrected chi connectivity index (χ2v) is 8.19. The van der Waals surface area contributed by atoms with Gasteiger partial charge in [0.25, 0.3) is 11.8 Å². The average molecular weight is 448 g/mol. The average Bonchev–Trinajstić information content (AvgIpc) is 3.39. The first-order chi connectivity index (χ1) is 16.1. The molecule has 172 valence electrons. The first-order valence-electron chi connectivity index (χ1n) is 11.2. The number of amides is 2. The summed E-state index contributed by atoms with van der Waals surface area (Å²) in [6, 6.07) is 20.3. The fraction of sp³-hybridized carbons (Fsp3) is 0.308. The molecule has 0 radical (unpaired) electrons. The van der Waals surface area contributed by atoms with E-state index in [4.69, 9.17) is 9.15 Å². The Kier molecular flexibility index (Phi) is 7.55. The molecule has 1 fully saturated rings. The van der Waals surface area contributed by atoms with Crippen LogP contribution in [0.1, 0.15) is 33.4 Å². The standard InChI is InChI=1S/C26H29N3O4/c1-20(18-28-12-15-32-16-13-28)29(19-21-7-3-2-4-8-21)26(31)22-9-5-10-23(17-22)27-25(30)24-11-6-14-33-24/h2-11,14,17,20H,12-13,15-16,18-19H2,1H3,(H,27,30). The minimum atomic E-state index is -0.355. The summed E-state index contributed by atoms with van der Waals surface area (Å²) in [5.41, 5.74) is 2.14. The minimum Gasteiger partial charge on any atom is -0.459 e. The van der Waals surface area contributed by atoms with E-state index in [1.807, 2.05) is 35.2 Å². The van der Waals surface area contributed by atoms with Crippen LogP contribution in [0, 0.1) is 0 Å². The number of ether oxygens (including phenoxy) is 1. The maximum Gasteiger partial charge on any atom is 0.291 e. The van der Waals surface area contributed by atoms with Gasteiger partial charge in [-0.1, -0.05) is 36.4 Å². The zero-order valence-electron chi connectivity index (χ0n) is 18.8. The molecule has 1 atom stereocenters. The van der Waals surface area contributed by atoms with Crippen LogP contribution in [0.4, 0.5) is 5.69 Å². The van der Waals surface area contributed by atoms with Crippen molar-refractivity contribution in [1.82, 2.24) is 9.80 Å². The summed E-state index contributed by atoms with van der Waals surface area (Å²) in [5, 5.41) is 2.80. The molecule has 1 aromatic heterocycles. The van der Waals surface area contributed by atoms with Gasteiger partial charge in [-0.05, 0) is 42.8 Å². The summed E-state index contributed by atoms with van der Waals surface area (Å²) < 4.78 is 10.6. The van der Waals surface area contributed by atoms with Crippen LogP contribution in [0.3, 0.4) is 0 Å². The zero-order chi connectivity index (χ0) is 23.0. The van der Waals surface area contributed by atoms with Crippen LogP contribution in [0.5, 0.6) is 0 Å². The first-order valence-corrected chi connectivity index (χ1v) is 11.2. The Morgan fingerprint density at radius 2 is 1.82 bits per heavy atom. The molecular weight excluding hydrogens is 418 g/mol. The van der Waals surface area contributed by atoms with Gasteiger partial charge >= 0.3 is 0 Å². The zero-order valence-corrected chi connectivity index (χ0v) is 18.8. The summed E-state index contributed by atoms with van der Waals surface area (Å²) in [6.45, 7) is 6.54. The molecule has 0 bridgehead atoms. The lowest BCUT2D eigenvalue weighted by Gasteiger charge is -2.35. The fourth-order valence-electron chi connectivity index (χ4n) is 3.96. The third-order valence-electron chi connectivity index (χ3n) is 5.73. The van der Waals surface area contributed by atoms with E-state index in [2.05, 4.69) is 17.1 Å². The van der Waals surface area contributed by atoms with Crippen molar-refractivity contribution < 1.29 is 18.7 Å². The van der Waals surface area contributed by atoms with Crippen molar-refractivity contribution in [2.75, 3.05) is 38.2 Å². The number of nitrogens with one attached hydrogen (secondary N) is 1. The van der Waals surface area contributed by atoms with E-state index in [1.54, 1.807) is 36.4 Å². The Bertz CT molecular complexity index is 1050. The molecule has 0 aliphatic carbocycles. The quantitative estimate of drug-likeness (QED) is 0.567. The van der Waals surface area contributed by atoms with Crippen molar-refractivity contribution in [2.45, 2.75) is 19.5 Å². The highest BCUT2D eigenvalue weighted by molar-refractivity contribution is 6.03. The molecule has 4 rings (SSSR count). The normalized spacial score (nSPS) is 15.1. The van der Waals surface area contributed by atoms with Gasteiger partial charge < -0.3 is 19.4 Å². The molecule has 1 unspecified atom stereocenters. The molecule has 1 saturated heterocycles. The van der Waals surface area contributed by atoms with Crippen molar-refractivity contribution in [3.05, 3.63) is 89.9 Å². The Balaban J connectivity index is 1.52. The highest BCUT2D eigenvalue weighted by Gasteiger charge is 2.25. The Labute approximate surface area is 193 Å². The van der Waals surface area contributed by atoms with Gasteiger partial charge in [0.1, 0.15) is 0 Å². The Morgan fingerprint density at radius 1 is 1.03 bits per heavy atom. The number of carbonyl (C=O) groups is 2. The summed E-state index contributed by atoms with van der Waals surface area (Å²) >= 11 is 0. The van der Waals surface area contributed by atoms with Crippen molar-refractivity contribution >= 4 is 17.5 Å². The van der Waals surface area contributed by atoms with Gasteiger partial charge in [-0.2, -0.15) is 0 Å². The molecule has 2 aromatic carbocycles. The summed E-state index contributed by atoms with van der Waals surface area (Å²) in [4.78, 5) is 30.2. The monoisotopic (exact) mass is 447 g/mol. The number of carbonyl (C=O) groups excluding carboxylic acids is 2. The predicted molar refractivity (Wildman–Crippen MR) is 126 cm³/mol. The van der Waals surface area contributed by atoms with Crippen LogP contribution in [-0.2, 0) is 11.3 Å². The molecule has 0 spiro atoms. The maximum atomic E-state index is 13.7. The van der Waals surface area contributed by atoms with E-state index in [-0.39, 0.29) is 23.6 Å². The van der Waals surface area contributed by atoms with Crippen LogP contribution in [0.25, 0.3) is 0 Å². The van der Waals surface area contributed by atoms with Gasteiger partial charge in [0.15, 0.2) is 5.76 Å². The maximum absolute atomic E-state index is 13.7. The molecule has 1 aliphatic heterocycles. The number of anilines is 1. The second-order valence-electron chi connectivity index (χ2n) is 8.19. The van der Waals surface area contributed by atoms with Crippen molar-refractivity contribution in [2.24, 2.45) is 0 Å². The largest absolute Gasteiger partial charge is 0.459 e. The van der Waals surface area contributed by atoms with E-state index >= 15 is 0 Å². The molecule has 7 nitrogen and oxygen atoms in total. The highest BCUT2D eigenvalue weighted by Crippen LogP contribution is 2.18. The third kappa shape index (κ3) is 6.09. The predicted octanol–water partition coefficient (Wildman–Crippen LogP) is 3.90. The number of rotatable bonds is 8. The van der Waals surface area contributed by atoms with Gasteiger partial charge in [0, 0.05) is 43.5 Å². The fourth-order valence-corrected chi connectivity index (χ4v) is 3.96. The SMILES string of the molecule is CC(CN1CCOCC1)N(Cc1ccccc1)C(=O)c1cccc(NC(=O)c2ccco2)c1. The van der Waals surface area contributed by atoms with Crippen LogP contribution >= 0.6 is 0 Å². The van der Waals surface area contributed by atoms with Crippen molar-refractivity contribution in [3.8, 4) is 0 Å². The number of nitrogens with zero attached hydrogens (tertiary/aromatic N) is 2. The molecule has 7 heteroatoms. The first kappa shape index (κ1) is 22.8. The molecule has 1 N–H and O–H groups in total. The van der Waals surface area contributed by atoms with Gasteiger partial charge in [-0.3, -0.25) is 14.5 Å². The summed E-state index contributed by atoms with van der Waals surface area (Å²) in [5.74, 6) is -0.211. The molecule has 2 heterocycles. The van der Waals surface area contributed by atoms with E-state index < -0.39 is 0 Å². The van der Waals surface area contributed by atoms with Gasteiger partial charge in [-0.15, -0.1) is 0 Å². The number of morpholine rings is 1. The summed E-state index contributed by atoms with van der Waals surface area (Å²) in [7, 11) is 0. The number of hydrogen-bond acceptors (Lipinski definition) is 5. The molecule has 2 amide bonds. The van der Waals surface area contributed by atoms with Crippen molar-refractivity contribution in [3.63, 3.8) is 0 Å². The number of furan rings is 1. The molecular formula is C26H29N3O4. The Hall–Kier alpha value is -3.42. The molecule has 0 saturated carbocycles. The van der Waals surface area contributed by atoms with Gasteiger partial charge in [0.05, 0.1) is 19.5 Å². The minimum absolute atomic E-state index is 0.00262. The van der Waals surface area contributed by atoms with E-state index in [1.165, 1.54) is 6.26 Å². The van der Waals surface area contributed by atoms with Crippen LogP contribution in [0.15, 0.2) is 77.4 Å². The van der Waals surface area contributed by atoms with Crippen molar-refractivity contribution in [1.29, 1.82) is 0 Å². The topological polar surface area (TPSA) is 75.0 Å². The third-order valence-corrected chi connectivity index (χ3v) is 5.73. The van der Waals surface area contributed by atoms with E-state index in [9.17, 15) is 9.59 Å². The van der Waals surface area contributed by atoms with Gasteiger partial charge in [-0.25, -0.2) is 0 Å². The Morgan fingerprint density at radius 3 is 2.55 bits per heavy atom. The van der Waals surface area contributed by atoms with Crippen LogP contribution in [-0.4, -0.2) is 60.5 Å². The molecule has 33 heavy (non-hydrogen) atoms. The second kappa shape index (κ2) is 10.9. The lowest BCUT2D eigenvalue weighted by atomic mass is 10.1. The summed E-state index contributed by atoms with van der Waals surface area (Å²) in [6.07, 6.45) is 1.45. The van der Waals surface area contributed by atoms with Crippen LogP contribution in [0.2, 0.25) is 0 Å². The number of benzene rings is 2. The lowest BCUT2D eigenvalue weighted by molar-refractivity contribution is 0.0228. The number of hydrogen-bond donors (Lipinski definition) is 1. The van der Waals surface area contributed by atoms with E-state index in [0.29, 0.717) is 17.8 Å². The molecule has 1 aliphatic rings. The van der Waals surface area contributed by atoms with Gasteiger partial charge in [0.2, 0.25) is 0 Å².